The maximum absolute atomic E-state index is 6.24. The quantitative estimate of drug-likeness (QED) is 0.396. The minimum atomic E-state index is -0.104. The summed E-state index contributed by atoms with van der Waals surface area (Å²) < 4.78 is 0. The molecule has 0 rings (SSSR count). The highest BCUT2D eigenvalue weighted by atomic mass is 35.5. The van der Waals surface area contributed by atoms with Crippen LogP contribution in [0.15, 0.2) is 0 Å². The number of halogens is 6. The predicted octanol–water partition coefficient (Wildman–Crippen LogP) is 6.23. The molecule has 0 aromatic rings. The number of rotatable bonds is 10. The van der Waals surface area contributed by atoms with Crippen LogP contribution >= 0.6 is 69.6 Å². The van der Waals surface area contributed by atoms with Crippen LogP contribution in [0.3, 0.4) is 0 Å². The molecule has 0 radical (unpaired) electrons. The first-order chi connectivity index (χ1) is 8.42. The molecule has 0 aliphatic heterocycles. The van der Waals surface area contributed by atoms with Crippen LogP contribution in [0.25, 0.3) is 0 Å². The van der Waals surface area contributed by atoms with Crippen LogP contribution in [-0.2, 0) is 0 Å². The fourth-order valence-corrected chi connectivity index (χ4v) is 2.75. The molecule has 5 atom stereocenters. The van der Waals surface area contributed by atoms with Gasteiger partial charge in [0.1, 0.15) is 0 Å². The van der Waals surface area contributed by atoms with E-state index in [1.54, 1.807) is 0 Å². The van der Waals surface area contributed by atoms with Gasteiger partial charge in [-0.25, -0.2) is 0 Å². The molecule has 0 aromatic heterocycles. The van der Waals surface area contributed by atoms with Crippen LogP contribution < -0.4 is 0 Å². The molecule has 0 aliphatic carbocycles. The van der Waals surface area contributed by atoms with Crippen molar-refractivity contribution in [1.29, 1.82) is 0 Å². The second kappa shape index (κ2) is 11.4. The highest BCUT2D eigenvalue weighted by Crippen LogP contribution is 2.26. The van der Waals surface area contributed by atoms with Crippen molar-refractivity contribution < 1.29 is 0 Å². The Morgan fingerprint density at radius 2 is 1.06 bits per heavy atom. The summed E-state index contributed by atoms with van der Waals surface area (Å²) in [7, 11) is 0. The SMILES string of the molecule is CCC(Cl)C(Cl)CCC(Cl)C(Cl)CCC(Cl)CCl. The number of hydrogen-bond donors (Lipinski definition) is 0. The standard InChI is InChI=1S/C12H20Cl6/c1-2-9(15)10(16)5-6-12(18)11(17)4-3-8(14)7-13/h8-12H,2-7H2,1H3. The smallest absolute Gasteiger partial charge is 0.0500 e. The second-order valence-corrected chi connectivity index (χ2v) is 7.55. The van der Waals surface area contributed by atoms with E-state index in [-0.39, 0.29) is 26.9 Å². The zero-order valence-corrected chi connectivity index (χ0v) is 14.9. The van der Waals surface area contributed by atoms with Gasteiger partial charge in [0.05, 0.1) is 0 Å². The van der Waals surface area contributed by atoms with E-state index in [0.717, 1.165) is 32.1 Å². The van der Waals surface area contributed by atoms with Gasteiger partial charge in [-0.15, -0.1) is 69.6 Å². The van der Waals surface area contributed by atoms with E-state index in [2.05, 4.69) is 0 Å². The molecular weight excluding hydrogens is 357 g/mol. The molecule has 0 nitrogen and oxygen atoms in total. The van der Waals surface area contributed by atoms with Gasteiger partial charge in [0.25, 0.3) is 0 Å². The topological polar surface area (TPSA) is 0 Å². The van der Waals surface area contributed by atoms with Crippen molar-refractivity contribution in [3.8, 4) is 0 Å². The molecule has 6 heteroatoms. The third kappa shape index (κ3) is 8.82. The Balaban J connectivity index is 3.83. The molecule has 0 amide bonds. The zero-order valence-electron chi connectivity index (χ0n) is 10.4. The molecule has 110 valence electrons. The Morgan fingerprint density at radius 1 is 0.667 bits per heavy atom. The Kier molecular flexibility index (Phi) is 12.5. The maximum atomic E-state index is 6.24. The summed E-state index contributed by atoms with van der Waals surface area (Å²) in [6.07, 6.45) is 3.94. The second-order valence-electron chi connectivity index (χ2n) is 4.38. The fourth-order valence-electron chi connectivity index (χ4n) is 1.53. The molecule has 0 bridgehead atoms. The largest absolute Gasteiger partial charge is 0.125 e. The molecule has 0 spiro atoms. The van der Waals surface area contributed by atoms with Crippen molar-refractivity contribution in [3.63, 3.8) is 0 Å². The average molecular weight is 377 g/mol. The Labute approximate surface area is 141 Å². The van der Waals surface area contributed by atoms with Crippen LogP contribution in [0, 0.1) is 0 Å². The third-order valence-electron chi connectivity index (χ3n) is 2.82. The summed E-state index contributed by atoms with van der Waals surface area (Å²) in [6, 6.07) is 0. The van der Waals surface area contributed by atoms with E-state index in [1.807, 2.05) is 6.92 Å². The van der Waals surface area contributed by atoms with Gasteiger partial charge in [-0.1, -0.05) is 6.92 Å². The third-order valence-corrected chi connectivity index (χ3v) is 6.16. The van der Waals surface area contributed by atoms with E-state index in [9.17, 15) is 0 Å². The maximum Gasteiger partial charge on any atom is 0.0500 e. The van der Waals surface area contributed by atoms with Gasteiger partial charge in [-0.05, 0) is 32.1 Å². The molecule has 0 heterocycles. The van der Waals surface area contributed by atoms with E-state index in [1.165, 1.54) is 0 Å². The molecule has 0 fully saturated rings. The molecule has 18 heavy (non-hydrogen) atoms. The van der Waals surface area contributed by atoms with Crippen molar-refractivity contribution in [1.82, 2.24) is 0 Å². The monoisotopic (exact) mass is 374 g/mol. The van der Waals surface area contributed by atoms with Crippen molar-refractivity contribution in [3.05, 3.63) is 0 Å². The van der Waals surface area contributed by atoms with E-state index in [4.69, 9.17) is 69.6 Å². The molecular formula is C12H20Cl6. The van der Waals surface area contributed by atoms with Crippen molar-refractivity contribution in [2.24, 2.45) is 0 Å². The predicted molar refractivity (Wildman–Crippen MR) is 87.7 cm³/mol. The summed E-state index contributed by atoms with van der Waals surface area (Å²) in [5, 5.41) is -0.300. The molecule has 0 aromatic carbocycles. The lowest BCUT2D eigenvalue weighted by Gasteiger charge is -2.20. The van der Waals surface area contributed by atoms with Gasteiger partial charge in [-0.3, -0.25) is 0 Å². The minimum Gasteiger partial charge on any atom is -0.125 e. The summed E-state index contributed by atoms with van der Waals surface area (Å²) in [4.78, 5) is 0. The molecule has 0 saturated carbocycles. The Bertz CT molecular complexity index is 201. The first kappa shape index (κ1) is 19.7. The first-order valence-corrected chi connectivity index (χ1v) is 8.90. The minimum absolute atomic E-state index is 0.00669. The van der Waals surface area contributed by atoms with Crippen LogP contribution in [0.5, 0.6) is 0 Å². The van der Waals surface area contributed by atoms with Gasteiger partial charge in [0.2, 0.25) is 0 Å². The van der Waals surface area contributed by atoms with E-state index < -0.39 is 0 Å². The van der Waals surface area contributed by atoms with Gasteiger partial charge in [0, 0.05) is 32.8 Å². The van der Waals surface area contributed by atoms with Gasteiger partial charge in [-0.2, -0.15) is 0 Å². The van der Waals surface area contributed by atoms with Crippen LogP contribution in [0.2, 0.25) is 0 Å². The Hall–Kier alpha value is 1.74. The average Bonchev–Trinajstić information content (AvgIpc) is 2.39. The molecule has 5 unspecified atom stereocenters. The summed E-state index contributed by atoms with van der Waals surface area (Å²) >= 11 is 36.2. The lowest BCUT2D eigenvalue weighted by molar-refractivity contribution is 0.581. The van der Waals surface area contributed by atoms with Crippen LogP contribution in [0.4, 0.5) is 0 Å². The van der Waals surface area contributed by atoms with E-state index >= 15 is 0 Å². The first-order valence-electron chi connectivity index (χ1n) is 6.18. The zero-order chi connectivity index (χ0) is 14.1. The highest BCUT2D eigenvalue weighted by Gasteiger charge is 2.21. The fraction of sp³-hybridized carbons (Fsp3) is 1.00. The summed E-state index contributed by atoms with van der Waals surface area (Å²) in [5.74, 6) is 0.437. The van der Waals surface area contributed by atoms with E-state index in [0.29, 0.717) is 5.88 Å². The van der Waals surface area contributed by atoms with Gasteiger partial charge >= 0.3 is 0 Å². The summed E-state index contributed by atoms with van der Waals surface area (Å²) in [5.41, 5.74) is 0. The molecule has 0 N–H and O–H groups in total. The van der Waals surface area contributed by atoms with Gasteiger partial charge in [0.15, 0.2) is 0 Å². The van der Waals surface area contributed by atoms with Crippen LogP contribution in [0.1, 0.15) is 39.0 Å². The molecule has 0 aliphatic rings. The normalized spacial score (nSPS) is 20.2. The lowest BCUT2D eigenvalue weighted by atomic mass is 10.1. The highest BCUT2D eigenvalue weighted by molar-refractivity contribution is 6.31. The van der Waals surface area contributed by atoms with Crippen molar-refractivity contribution in [2.75, 3.05) is 5.88 Å². The molecule has 0 saturated heterocycles. The number of alkyl halides is 6. The van der Waals surface area contributed by atoms with Gasteiger partial charge < -0.3 is 0 Å². The van der Waals surface area contributed by atoms with Crippen molar-refractivity contribution in [2.45, 2.75) is 65.9 Å². The van der Waals surface area contributed by atoms with Crippen LogP contribution in [-0.4, -0.2) is 32.8 Å². The summed E-state index contributed by atoms with van der Waals surface area (Å²) in [6.45, 7) is 2.02. The lowest BCUT2D eigenvalue weighted by Crippen LogP contribution is -2.21. The Morgan fingerprint density at radius 3 is 1.44 bits per heavy atom. The number of hydrogen-bond acceptors (Lipinski definition) is 0. The van der Waals surface area contributed by atoms with Crippen molar-refractivity contribution >= 4 is 69.6 Å².